The number of hydrogen-bond acceptors (Lipinski definition) is 3. The number of rotatable bonds is 2. The van der Waals surface area contributed by atoms with Gasteiger partial charge < -0.3 is 10.6 Å². The van der Waals surface area contributed by atoms with Gasteiger partial charge in [-0.3, -0.25) is 9.78 Å². The lowest BCUT2D eigenvalue weighted by molar-refractivity contribution is 0.0790. The zero-order valence-electron chi connectivity index (χ0n) is 12.1. The number of nitrogens with zero attached hydrogens (tertiary/aromatic N) is 2. The molecule has 0 aliphatic carbocycles. The van der Waals surface area contributed by atoms with E-state index in [1.54, 1.807) is 17.3 Å². The van der Waals surface area contributed by atoms with Crippen molar-refractivity contribution in [1.29, 1.82) is 0 Å². The average Bonchev–Trinajstić information content (AvgIpc) is 2.94. The van der Waals surface area contributed by atoms with Crippen molar-refractivity contribution < 1.29 is 4.79 Å². The third-order valence-corrected chi connectivity index (χ3v) is 3.88. The molecule has 108 valence electrons. The fourth-order valence-corrected chi connectivity index (χ4v) is 2.62. The minimum absolute atomic E-state index is 0.0180. The third kappa shape index (κ3) is 2.95. The Morgan fingerprint density at radius 3 is 2.67 bits per heavy atom. The van der Waals surface area contributed by atoms with Gasteiger partial charge in [0.15, 0.2) is 0 Å². The molecule has 21 heavy (non-hydrogen) atoms. The van der Waals surface area contributed by atoms with Crippen molar-refractivity contribution in [2.24, 2.45) is 5.73 Å². The van der Waals surface area contributed by atoms with Crippen molar-refractivity contribution in [2.45, 2.75) is 19.4 Å². The molecule has 1 aromatic heterocycles. The summed E-state index contributed by atoms with van der Waals surface area (Å²) >= 11 is 0. The second-order valence-corrected chi connectivity index (χ2v) is 5.63. The first-order chi connectivity index (χ1) is 10.1. The number of amides is 1. The summed E-state index contributed by atoms with van der Waals surface area (Å²) in [7, 11) is 0. The van der Waals surface area contributed by atoms with Gasteiger partial charge in [-0.2, -0.15) is 0 Å². The predicted octanol–water partition coefficient (Wildman–Crippen LogP) is 2.23. The molecule has 0 bridgehead atoms. The fourth-order valence-electron chi connectivity index (χ4n) is 2.62. The Kier molecular flexibility index (Phi) is 3.71. The number of carbonyl (C=O) groups is 1. The normalized spacial score (nSPS) is 18.0. The summed E-state index contributed by atoms with van der Waals surface area (Å²) in [6, 6.07) is 10.2. The highest BCUT2D eigenvalue weighted by molar-refractivity contribution is 5.95. The highest BCUT2D eigenvalue weighted by atomic mass is 16.2. The molecule has 4 heteroatoms. The molecule has 1 aliphatic heterocycles. The zero-order valence-corrected chi connectivity index (χ0v) is 12.1. The van der Waals surface area contributed by atoms with Gasteiger partial charge in [0.1, 0.15) is 0 Å². The van der Waals surface area contributed by atoms with Crippen molar-refractivity contribution in [1.82, 2.24) is 9.88 Å². The van der Waals surface area contributed by atoms with Gasteiger partial charge in [0.2, 0.25) is 0 Å². The van der Waals surface area contributed by atoms with Crippen molar-refractivity contribution in [3.05, 3.63) is 53.9 Å². The van der Waals surface area contributed by atoms with E-state index < -0.39 is 0 Å². The standard InChI is InChI=1S/C17H19N3O/c1-12-2-4-13(5-3-12)14-8-15(10-19-9-14)17(21)20-7-6-16(18)11-20/h2-5,8-10,16H,6-7,11,18H2,1H3/t16-/m1/s1. The Hall–Kier alpha value is -2.20. The molecule has 0 spiro atoms. The molecular formula is C17H19N3O. The van der Waals surface area contributed by atoms with Crippen LogP contribution in [0.15, 0.2) is 42.7 Å². The molecule has 0 radical (unpaired) electrons. The van der Waals surface area contributed by atoms with Crippen LogP contribution in [0.25, 0.3) is 11.1 Å². The highest BCUT2D eigenvalue weighted by Gasteiger charge is 2.24. The second kappa shape index (κ2) is 5.66. The molecule has 4 nitrogen and oxygen atoms in total. The lowest BCUT2D eigenvalue weighted by Crippen LogP contribution is -2.31. The Morgan fingerprint density at radius 2 is 2.00 bits per heavy atom. The highest BCUT2D eigenvalue weighted by Crippen LogP contribution is 2.21. The van der Waals surface area contributed by atoms with Gasteiger partial charge >= 0.3 is 0 Å². The molecule has 2 heterocycles. The topological polar surface area (TPSA) is 59.2 Å². The van der Waals surface area contributed by atoms with Crippen molar-refractivity contribution >= 4 is 5.91 Å². The number of aryl methyl sites for hydroxylation is 1. The molecule has 1 amide bonds. The monoisotopic (exact) mass is 281 g/mol. The summed E-state index contributed by atoms with van der Waals surface area (Å²) in [5, 5.41) is 0. The van der Waals surface area contributed by atoms with E-state index >= 15 is 0 Å². The maximum absolute atomic E-state index is 12.5. The number of carbonyl (C=O) groups excluding carboxylic acids is 1. The quantitative estimate of drug-likeness (QED) is 0.918. The van der Waals surface area contributed by atoms with E-state index in [0.29, 0.717) is 12.1 Å². The first kappa shape index (κ1) is 13.8. The average molecular weight is 281 g/mol. The Morgan fingerprint density at radius 1 is 1.24 bits per heavy atom. The Balaban J connectivity index is 1.86. The first-order valence-electron chi connectivity index (χ1n) is 7.20. The summed E-state index contributed by atoms with van der Waals surface area (Å²) in [5.74, 6) is 0.0180. The number of nitrogens with two attached hydrogens (primary N) is 1. The number of likely N-dealkylation sites (tertiary alicyclic amines) is 1. The second-order valence-electron chi connectivity index (χ2n) is 5.63. The minimum atomic E-state index is 0.0180. The number of benzene rings is 1. The first-order valence-corrected chi connectivity index (χ1v) is 7.20. The van der Waals surface area contributed by atoms with E-state index in [4.69, 9.17) is 5.73 Å². The molecule has 1 atom stereocenters. The van der Waals surface area contributed by atoms with Gasteiger partial charge in [0.25, 0.3) is 5.91 Å². The Labute approximate surface area is 124 Å². The largest absolute Gasteiger partial charge is 0.337 e. The lowest BCUT2D eigenvalue weighted by atomic mass is 10.0. The van der Waals surface area contributed by atoms with Crippen LogP contribution >= 0.6 is 0 Å². The van der Waals surface area contributed by atoms with Gasteiger partial charge in [0, 0.05) is 37.1 Å². The van der Waals surface area contributed by atoms with Crippen molar-refractivity contribution in [2.75, 3.05) is 13.1 Å². The lowest BCUT2D eigenvalue weighted by Gasteiger charge is -2.16. The van der Waals surface area contributed by atoms with Crippen LogP contribution < -0.4 is 5.73 Å². The number of aromatic nitrogens is 1. The third-order valence-electron chi connectivity index (χ3n) is 3.88. The zero-order chi connectivity index (χ0) is 14.8. The molecular weight excluding hydrogens is 262 g/mol. The van der Waals surface area contributed by atoms with Gasteiger partial charge in [-0.25, -0.2) is 0 Å². The van der Waals surface area contributed by atoms with Gasteiger partial charge in [-0.1, -0.05) is 29.8 Å². The van der Waals surface area contributed by atoms with Gasteiger partial charge in [0.05, 0.1) is 5.56 Å². The fraction of sp³-hybridized carbons (Fsp3) is 0.294. The summed E-state index contributed by atoms with van der Waals surface area (Å²) < 4.78 is 0. The van der Waals surface area contributed by atoms with Crippen molar-refractivity contribution in [3.8, 4) is 11.1 Å². The smallest absolute Gasteiger partial charge is 0.255 e. The van der Waals surface area contributed by atoms with Crippen LogP contribution in [0.4, 0.5) is 0 Å². The van der Waals surface area contributed by atoms with Crippen LogP contribution in [0.5, 0.6) is 0 Å². The molecule has 3 rings (SSSR count). The number of pyridine rings is 1. The van der Waals surface area contributed by atoms with E-state index in [1.165, 1.54) is 5.56 Å². The van der Waals surface area contributed by atoms with E-state index in [0.717, 1.165) is 24.1 Å². The molecule has 2 aromatic rings. The maximum atomic E-state index is 12.5. The number of hydrogen-bond donors (Lipinski definition) is 1. The van der Waals surface area contributed by atoms with Crippen LogP contribution in [-0.4, -0.2) is 34.9 Å². The van der Waals surface area contributed by atoms with E-state index in [-0.39, 0.29) is 11.9 Å². The van der Waals surface area contributed by atoms with Crippen LogP contribution in [-0.2, 0) is 0 Å². The summed E-state index contributed by atoms with van der Waals surface area (Å²) in [6.45, 7) is 3.42. The SMILES string of the molecule is Cc1ccc(-c2cncc(C(=O)N3CC[C@@H](N)C3)c2)cc1. The van der Waals surface area contributed by atoms with Crippen LogP contribution in [0.1, 0.15) is 22.3 Å². The summed E-state index contributed by atoms with van der Waals surface area (Å²) in [6.07, 6.45) is 4.29. The van der Waals surface area contributed by atoms with E-state index in [2.05, 4.69) is 24.0 Å². The van der Waals surface area contributed by atoms with Crippen molar-refractivity contribution in [3.63, 3.8) is 0 Å². The molecule has 1 aromatic carbocycles. The molecule has 0 unspecified atom stereocenters. The minimum Gasteiger partial charge on any atom is -0.337 e. The van der Waals surface area contributed by atoms with E-state index in [9.17, 15) is 4.79 Å². The van der Waals surface area contributed by atoms with E-state index in [1.807, 2.05) is 18.2 Å². The summed E-state index contributed by atoms with van der Waals surface area (Å²) in [5.41, 5.74) is 9.74. The van der Waals surface area contributed by atoms with Crippen LogP contribution in [0, 0.1) is 6.92 Å². The summed E-state index contributed by atoms with van der Waals surface area (Å²) in [4.78, 5) is 18.5. The van der Waals surface area contributed by atoms with Crippen LogP contribution in [0.2, 0.25) is 0 Å². The van der Waals surface area contributed by atoms with Crippen LogP contribution in [0.3, 0.4) is 0 Å². The molecule has 1 fully saturated rings. The molecule has 1 saturated heterocycles. The molecule has 2 N–H and O–H groups in total. The molecule has 0 saturated carbocycles. The van der Waals surface area contributed by atoms with Gasteiger partial charge in [-0.05, 0) is 25.0 Å². The molecule has 1 aliphatic rings. The van der Waals surface area contributed by atoms with Gasteiger partial charge in [-0.15, -0.1) is 0 Å². The predicted molar refractivity (Wildman–Crippen MR) is 82.9 cm³/mol. The Bertz CT molecular complexity index is 651. The maximum Gasteiger partial charge on any atom is 0.255 e.